The van der Waals surface area contributed by atoms with E-state index in [1.165, 1.54) is 0 Å². The van der Waals surface area contributed by atoms with E-state index < -0.39 is 0 Å². The molecule has 25 heavy (non-hydrogen) atoms. The molecule has 0 saturated carbocycles. The molecular weight excluding hydrogens is 314 g/mol. The largest absolute Gasteiger partial charge is 0.351 e. The topological polar surface area (TPSA) is 61.4 Å². The normalized spacial score (nSPS) is 10.5. The van der Waals surface area contributed by atoms with E-state index in [9.17, 15) is 9.59 Å². The van der Waals surface area contributed by atoms with Crippen LogP contribution < -0.4 is 10.6 Å². The van der Waals surface area contributed by atoms with Gasteiger partial charge in [0.25, 0.3) is 0 Å². The summed E-state index contributed by atoms with van der Waals surface area (Å²) in [6.45, 7) is 2.88. The SMILES string of the molecule is CCc1ccccc1NC(=O)CN(C)CC(=O)NCc1ccccc1. The molecule has 5 heteroatoms. The van der Waals surface area contributed by atoms with Crippen molar-refractivity contribution in [2.24, 2.45) is 0 Å². The first-order valence-corrected chi connectivity index (χ1v) is 8.45. The molecule has 0 fully saturated rings. The number of likely N-dealkylation sites (N-methyl/N-ethyl adjacent to an activating group) is 1. The zero-order valence-corrected chi connectivity index (χ0v) is 14.8. The summed E-state index contributed by atoms with van der Waals surface area (Å²) in [7, 11) is 1.76. The third-order valence-corrected chi connectivity index (χ3v) is 3.83. The summed E-state index contributed by atoms with van der Waals surface area (Å²) < 4.78 is 0. The fourth-order valence-electron chi connectivity index (χ4n) is 2.54. The minimum Gasteiger partial charge on any atom is -0.351 e. The number of nitrogens with one attached hydrogen (secondary N) is 2. The van der Waals surface area contributed by atoms with E-state index in [0.29, 0.717) is 6.54 Å². The molecule has 2 aromatic rings. The lowest BCUT2D eigenvalue weighted by atomic mass is 10.1. The summed E-state index contributed by atoms with van der Waals surface area (Å²) in [6, 6.07) is 17.5. The quantitative estimate of drug-likeness (QED) is 0.776. The van der Waals surface area contributed by atoms with Gasteiger partial charge in [-0.25, -0.2) is 0 Å². The Kier molecular flexibility index (Phi) is 7.16. The number of amides is 2. The van der Waals surface area contributed by atoms with Crippen LogP contribution in [0.2, 0.25) is 0 Å². The molecule has 0 saturated heterocycles. The van der Waals surface area contributed by atoms with Gasteiger partial charge in [0.05, 0.1) is 13.1 Å². The average molecular weight is 339 g/mol. The molecule has 0 aromatic heterocycles. The van der Waals surface area contributed by atoms with E-state index in [4.69, 9.17) is 0 Å². The molecule has 0 atom stereocenters. The van der Waals surface area contributed by atoms with E-state index in [0.717, 1.165) is 23.2 Å². The lowest BCUT2D eigenvalue weighted by molar-refractivity contribution is -0.123. The van der Waals surface area contributed by atoms with Gasteiger partial charge in [-0.2, -0.15) is 0 Å². The maximum Gasteiger partial charge on any atom is 0.238 e. The second-order valence-corrected chi connectivity index (χ2v) is 5.99. The lowest BCUT2D eigenvalue weighted by Gasteiger charge is -2.17. The number of carbonyl (C=O) groups excluding carboxylic acids is 2. The highest BCUT2D eigenvalue weighted by Crippen LogP contribution is 2.15. The van der Waals surface area contributed by atoms with Crippen LogP contribution in [0.25, 0.3) is 0 Å². The lowest BCUT2D eigenvalue weighted by Crippen LogP contribution is -2.38. The van der Waals surface area contributed by atoms with Gasteiger partial charge in [0.2, 0.25) is 11.8 Å². The molecule has 2 N–H and O–H groups in total. The van der Waals surface area contributed by atoms with Crippen LogP contribution in [-0.2, 0) is 22.6 Å². The Bertz CT molecular complexity index is 701. The highest BCUT2D eigenvalue weighted by Gasteiger charge is 2.11. The maximum atomic E-state index is 12.2. The summed E-state index contributed by atoms with van der Waals surface area (Å²) in [5.74, 6) is -0.229. The molecule has 0 spiro atoms. The third-order valence-electron chi connectivity index (χ3n) is 3.83. The van der Waals surface area contributed by atoms with Gasteiger partial charge in [0.15, 0.2) is 0 Å². The molecule has 0 aliphatic rings. The van der Waals surface area contributed by atoms with Crippen molar-refractivity contribution >= 4 is 17.5 Å². The van der Waals surface area contributed by atoms with Gasteiger partial charge < -0.3 is 10.6 Å². The minimum absolute atomic E-state index is 0.104. The number of anilines is 1. The van der Waals surface area contributed by atoms with Crippen molar-refractivity contribution in [2.45, 2.75) is 19.9 Å². The van der Waals surface area contributed by atoms with Gasteiger partial charge in [0, 0.05) is 12.2 Å². The standard InChI is InChI=1S/C20H25N3O2/c1-3-17-11-7-8-12-18(17)22-20(25)15-23(2)14-19(24)21-13-16-9-5-4-6-10-16/h4-12H,3,13-15H2,1-2H3,(H,21,24)(H,22,25). The van der Waals surface area contributed by atoms with Gasteiger partial charge in [0.1, 0.15) is 0 Å². The molecule has 2 amide bonds. The molecule has 0 bridgehead atoms. The monoisotopic (exact) mass is 339 g/mol. The van der Waals surface area contributed by atoms with Crippen LogP contribution in [0, 0.1) is 0 Å². The van der Waals surface area contributed by atoms with E-state index in [2.05, 4.69) is 10.6 Å². The van der Waals surface area contributed by atoms with Gasteiger partial charge in [-0.1, -0.05) is 55.5 Å². The number of para-hydroxylation sites is 1. The summed E-state index contributed by atoms with van der Waals surface area (Å²) in [5, 5.41) is 5.77. The summed E-state index contributed by atoms with van der Waals surface area (Å²) in [6.07, 6.45) is 0.855. The molecule has 0 radical (unpaired) electrons. The Hall–Kier alpha value is -2.66. The second-order valence-electron chi connectivity index (χ2n) is 5.99. The van der Waals surface area contributed by atoms with E-state index in [1.54, 1.807) is 11.9 Å². The molecule has 0 heterocycles. The smallest absolute Gasteiger partial charge is 0.238 e. The van der Waals surface area contributed by atoms with Crippen LogP contribution in [0.5, 0.6) is 0 Å². The number of benzene rings is 2. The Morgan fingerprint density at radius 2 is 1.56 bits per heavy atom. The molecule has 2 aromatic carbocycles. The van der Waals surface area contributed by atoms with Gasteiger partial charge in [-0.05, 0) is 30.7 Å². The van der Waals surface area contributed by atoms with Crippen molar-refractivity contribution in [1.29, 1.82) is 0 Å². The van der Waals surface area contributed by atoms with Gasteiger partial charge in [-0.15, -0.1) is 0 Å². The number of aryl methyl sites for hydroxylation is 1. The van der Waals surface area contributed by atoms with Crippen LogP contribution in [0.4, 0.5) is 5.69 Å². The Labute approximate surface area is 149 Å². The summed E-state index contributed by atoms with van der Waals surface area (Å²) in [5.41, 5.74) is 2.98. The zero-order valence-electron chi connectivity index (χ0n) is 14.8. The van der Waals surface area contributed by atoms with E-state index in [-0.39, 0.29) is 24.9 Å². The Morgan fingerprint density at radius 3 is 2.28 bits per heavy atom. The van der Waals surface area contributed by atoms with Crippen LogP contribution in [-0.4, -0.2) is 36.9 Å². The second kappa shape index (κ2) is 9.59. The molecule has 0 unspecified atom stereocenters. The molecule has 0 aliphatic carbocycles. The van der Waals surface area contributed by atoms with Crippen molar-refractivity contribution < 1.29 is 9.59 Å². The third kappa shape index (κ3) is 6.39. The Balaban J connectivity index is 1.76. The number of hydrogen-bond acceptors (Lipinski definition) is 3. The number of hydrogen-bond donors (Lipinski definition) is 2. The fourth-order valence-corrected chi connectivity index (χ4v) is 2.54. The van der Waals surface area contributed by atoms with E-state index in [1.807, 2.05) is 61.5 Å². The zero-order chi connectivity index (χ0) is 18.1. The first-order valence-electron chi connectivity index (χ1n) is 8.45. The van der Waals surface area contributed by atoms with Gasteiger partial charge >= 0.3 is 0 Å². The van der Waals surface area contributed by atoms with Gasteiger partial charge in [-0.3, -0.25) is 14.5 Å². The van der Waals surface area contributed by atoms with Crippen LogP contribution in [0.1, 0.15) is 18.1 Å². The first-order chi connectivity index (χ1) is 12.1. The van der Waals surface area contributed by atoms with Crippen molar-refractivity contribution in [1.82, 2.24) is 10.2 Å². The summed E-state index contributed by atoms with van der Waals surface area (Å²) >= 11 is 0. The molecule has 132 valence electrons. The number of nitrogens with zero attached hydrogens (tertiary/aromatic N) is 1. The van der Waals surface area contributed by atoms with Crippen LogP contribution >= 0.6 is 0 Å². The number of carbonyl (C=O) groups is 2. The predicted molar refractivity (Wildman–Crippen MR) is 100 cm³/mol. The molecular formula is C20H25N3O2. The van der Waals surface area contributed by atoms with Crippen LogP contribution in [0.15, 0.2) is 54.6 Å². The van der Waals surface area contributed by atoms with Crippen molar-refractivity contribution in [2.75, 3.05) is 25.5 Å². The minimum atomic E-state index is -0.126. The van der Waals surface area contributed by atoms with Crippen LogP contribution in [0.3, 0.4) is 0 Å². The predicted octanol–water partition coefficient (Wildman–Crippen LogP) is 2.44. The average Bonchev–Trinajstić information content (AvgIpc) is 2.61. The fraction of sp³-hybridized carbons (Fsp3) is 0.300. The highest BCUT2D eigenvalue weighted by atomic mass is 16.2. The number of rotatable bonds is 8. The molecule has 2 rings (SSSR count). The first kappa shape index (κ1) is 18.7. The van der Waals surface area contributed by atoms with E-state index >= 15 is 0 Å². The summed E-state index contributed by atoms with van der Waals surface area (Å²) in [4.78, 5) is 25.8. The van der Waals surface area contributed by atoms with Crippen molar-refractivity contribution in [3.8, 4) is 0 Å². The molecule has 5 nitrogen and oxygen atoms in total. The van der Waals surface area contributed by atoms with Crippen molar-refractivity contribution in [3.63, 3.8) is 0 Å². The van der Waals surface area contributed by atoms with Crippen molar-refractivity contribution in [3.05, 3.63) is 65.7 Å². The maximum absolute atomic E-state index is 12.2. The highest BCUT2D eigenvalue weighted by molar-refractivity contribution is 5.93. The molecule has 0 aliphatic heterocycles. The Morgan fingerprint density at radius 1 is 0.920 bits per heavy atom.